The van der Waals surface area contributed by atoms with Gasteiger partial charge in [0.2, 0.25) is 5.91 Å². The molecule has 1 amide bonds. The first-order valence-electron chi connectivity index (χ1n) is 10.3. The zero-order valence-corrected chi connectivity index (χ0v) is 18.0. The quantitative estimate of drug-likeness (QED) is 0.575. The van der Waals surface area contributed by atoms with Crippen molar-refractivity contribution in [3.63, 3.8) is 0 Å². The van der Waals surface area contributed by atoms with Crippen LogP contribution in [0.4, 0.5) is 5.82 Å². The first-order chi connectivity index (χ1) is 14.7. The number of hydrogen-bond donors (Lipinski definition) is 2. The van der Waals surface area contributed by atoms with E-state index in [1.54, 1.807) is 18.4 Å². The van der Waals surface area contributed by atoms with Crippen molar-refractivity contribution in [3.8, 4) is 11.1 Å². The van der Waals surface area contributed by atoms with Gasteiger partial charge >= 0.3 is 0 Å². The molecule has 0 spiro atoms. The van der Waals surface area contributed by atoms with Crippen molar-refractivity contribution in [3.05, 3.63) is 41.5 Å². The highest BCUT2D eigenvalue weighted by Crippen LogP contribution is 2.37. The van der Waals surface area contributed by atoms with Crippen LogP contribution in [0.15, 0.2) is 35.7 Å². The van der Waals surface area contributed by atoms with E-state index in [1.807, 2.05) is 18.2 Å². The van der Waals surface area contributed by atoms with Gasteiger partial charge < -0.3 is 15.8 Å². The van der Waals surface area contributed by atoms with E-state index in [9.17, 15) is 4.79 Å². The maximum absolute atomic E-state index is 12.0. The van der Waals surface area contributed by atoms with Crippen molar-refractivity contribution in [2.75, 3.05) is 32.1 Å². The highest BCUT2D eigenvalue weighted by molar-refractivity contribution is 7.17. The van der Waals surface area contributed by atoms with Gasteiger partial charge in [-0.2, -0.15) is 0 Å². The highest BCUT2D eigenvalue weighted by Gasteiger charge is 2.22. The molecule has 1 fully saturated rings. The number of thiophene rings is 1. The second kappa shape index (κ2) is 9.51. The SMILES string of the molecule is COCC(Nc1nc(CN2CCCCC2)nc2scc(-c3ccccc3)c12)C(N)=O. The summed E-state index contributed by atoms with van der Waals surface area (Å²) >= 11 is 1.59. The molecule has 1 unspecified atom stereocenters. The molecule has 8 heteroatoms. The summed E-state index contributed by atoms with van der Waals surface area (Å²) in [5.41, 5.74) is 7.73. The zero-order valence-electron chi connectivity index (χ0n) is 17.1. The van der Waals surface area contributed by atoms with E-state index in [0.29, 0.717) is 12.4 Å². The van der Waals surface area contributed by atoms with Crippen molar-refractivity contribution >= 4 is 33.3 Å². The molecule has 1 aromatic carbocycles. The fourth-order valence-electron chi connectivity index (χ4n) is 3.84. The third kappa shape index (κ3) is 4.61. The standard InChI is InChI=1S/C22H27N5O2S/c1-29-13-17(20(23)28)24-21-19-16(15-8-4-2-5-9-15)14-30-22(19)26-18(25-21)12-27-10-6-3-7-11-27/h2,4-5,8-9,14,17H,3,6-7,10-13H2,1H3,(H2,23,28)(H,24,25,26). The summed E-state index contributed by atoms with van der Waals surface area (Å²) in [6, 6.07) is 9.47. The lowest BCUT2D eigenvalue weighted by Gasteiger charge is -2.26. The van der Waals surface area contributed by atoms with Gasteiger partial charge in [0.15, 0.2) is 0 Å². The fraction of sp³-hybridized carbons (Fsp3) is 0.409. The van der Waals surface area contributed by atoms with Crippen LogP contribution in [0.5, 0.6) is 0 Å². The minimum atomic E-state index is -0.667. The molecule has 3 aromatic rings. The zero-order chi connectivity index (χ0) is 20.9. The fourth-order valence-corrected chi connectivity index (χ4v) is 4.80. The minimum Gasteiger partial charge on any atom is -0.382 e. The number of benzene rings is 1. The Hall–Kier alpha value is -2.55. The van der Waals surface area contributed by atoms with E-state index in [2.05, 4.69) is 27.7 Å². The molecule has 0 radical (unpaired) electrons. The molecule has 4 rings (SSSR count). The van der Waals surface area contributed by atoms with Crippen molar-refractivity contribution in [2.24, 2.45) is 5.73 Å². The van der Waals surface area contributed by atoms with Crippen LogP contribution in [0.2, 0.25) is 0 Å². The lowest BCUT2D eigenvalue weighted by Crippen LogP contribution is -2.39. The number of hydrogen-bond acceptors (Lipinski definition) is 7. The van der Waals surface area contributed by atoms with E-state index in [-0.39, 0.29) is 6.61 Å². The van der Waals surface area contributed by atoms with Gasteiger partial charge in [-0.15, -0.1) is 11.3 Å². The molecule has 0 aliphatic carbocycles. The number of fused-ring (bicyclic) bond motifs is 1. The van der Waals surface area contributed by atoms with Crippen molar-refractivity contribution in [2.45, 2.75) is 31.8 Å². The third-order valence-electron chi connectivity index (χ3n) is 5.37. The second-order valence-electron chi connectivity index (χ2n) is 7.58. The van der Waals surface area contributed by atoms with Gasteiger partial charge in [0.25, 0.3) is 0 Å². The smallest absolute Gasteiger partial charge is 0.242 e. The number of nitrogens with two attached hydrogens (primary N) is 1. The molecule has 3 N–H and O–H groups in total. The first kappa shape index (κ1) is 20.7. The Bertz CT molecular complexity index is 1000. The van der Waals surface area contributed by atoms with E-state index in [4.69, 9.17) is 20.4 Å². The lowest BCUT2D eigenvalue weighted by molar-refractivity contribution is -0.119. The van der Waals surface area contributed by atoms with Gasteiger partial charge in [-0.05, 0) is 31.5 Å². The largest absolute Gasteiger partial charge is 0.382 e. The Labute approximate surface area is 180 Å². The van der Waals surface area contributed by atoms with Gasteiger partial charge in [-0.3, -0.25) is 9.69 Å². The van der Waals surface area contributed by atoms with Gasteiger partial charge in [-0.25, -0.2) is 9.97 Å². The topological polar surface area (TPSA) is 93.4 Å². The van der Waals surface area contributed by atoms with Crippen LogP contribution >= 0.6 is 11.3 Å². The highest BCUT2D eigenvalue weighted by atomic mass is 32.1. The van der Waals surface area contributed by atoms with Gasteiger partial charge in [-0.1, -0.05) is 36.8 Å². The predicted molar refractivity (Wildman–Crippen MR) is 120 cm³/mol. The monoisotopic (exact) mass is 425 g/mol. The van der Waals surface area contributed by atoms with Crippen LogP contribution in [-0.2, 0) is 16.1 Å². The molecule has 0 bridgehead atoms. The number of piperidine rings is 1. The number of nitrogens with one attached hydrogen (secondary N) is 1. The first-order valence-corrected chi connectivity index (χ1v) is 11.1. The molecule has 30 heavy (non-hydrogen) atoms. The lowest BCUT2D eigenvalue weighted by atomic mass is 10.1. The molecule has 1 aliphatic heterocycles. The van der Waals surface area contributed by atoms with Crippen LogP contribution in [0.3, 0.4) is 0 Å². The minimum absolute atomic E-state index is 0.174. The predicted octanol–water partition coefficient (Wildman–Crippen LogP) is 3.26. The molecule has 1 atom stereocenters. The number of carbonyl (C=O) groups is 1. The average Bonchev–Trinajstić information content (AvgIpc) is 3.19. The molecule has 0 saturated carbocycles. The van der Waals surface area contributed by atoms with Gasteiger partial charge in [0, 0.05) is 18.1 Å². The van der Waals surface area contributed by atoms with E-state index in [1.165, 1.54) is 19.3 Å². The number of aromatic nitrogens is 2. The summed E-state index contributed by atoms with van der Waals surface area (Å²) < 4.78 is 5.19. The van der Waals surface area contributed by atoms with Gasteiger partial charge in [0.05, 0.1) is 18.5 Å². The average molecular weight is 426 g/mol. The summed E-state index contributed by atoms with van der Waals surface area (Å²) in [7, 11) is 1.55. The summed E-state index contributed by atoms with van der Waals surface area (Å²) in [6.45, 7) is 3.01. The Kier molecular flexibility index (Phi) is 6.56. The number of amides is 1. The molecule has 1 aliphatic rings. The molecule has 158 valence electrons. The molecular formula is C22H27N5O2S. The van der Waals surface area contributed by atoms with Crippen molar-refractivity contribution in [1.82, 2.24) is 14.9 Å². The Balaban J connectivity index is 1.76. The molecule has 1 saturated heterocycles. The summed E-state index contributed by atoms with van der Waals surface area (Å²) in [5.74, 6) is 0.916. The summed E-state index contributed by atoms with van der Waals surface area (Å²) in [4.78, 5) is 24.9. The number of likely N-dealkylation sites (tertiary alicyclic amines) is 1. The number of primary amides is 1. The molecule has 3 heterocycles. The van der Waals surface area contributed by atoms with Crippen molar-refractivity contribution < 1.29 is 9.53 Å². The van der Waals surface area contributed by atoms with Crippen LogP contribution in [0, 0.1) is 0 Å². The van der Waals surface area contributed by atoms with Gasteiger partial charge in [0.1, 0.15) is 22.5 Å². The molecule has 2 aromatic heterocycles. The van der Waals surface area contributed by atoms with Crippen LogP contribution in [-0.4, -0.2) is 53.6 Å². The second-order valence-corrected chi connectivity index (χ2v) is 8.43. The van der Waals surface area contributed by atoms with Crippen molar-refractivity contribution in [1.29, 1.82) is 0 Å². The number of carbonyl (C=O) groups excluding carboxylic acids is 1. The number of rotatable bonds is 8. The number of methoxy groups -OCH3 is 1. The van der Waals surface area contributed by atoms with Crippen LogP contribution < -0.4 is 11.1 Å². The Morgan fingerprint density at radius 3 is 2.70 bits per heavy atom. The number of nitrogens with zero attached hydrogens (tertiary/aromatic N) is 3. The molecule has 7 nitrogen and oxygen atoms in total. The Morgan fingerprint density at radius 2 is 2.00 bits per heavy atom. The van der Waals surface area contributed by atoms with Crippen LogP contribution in [0.25, 0.3) is 21.3 Å². The Morgan fingerprint density at radius 1 is 1.23 bits per heavy atom. The third-order valence-corrected chi connectivity index (χ3v) is 6.24. The molecular weight excluding hydrogens is 398 g/mol. The van der Waals surface area contributed by atoms with E-state index in [0.717, 1.165) is 40.3 Å². The number of anilines is 1. The maximum Gasteiger partial charge on any atom is 0.242 e. The summed E-state index contributed by atoms with van der Waals surface area (Å²) in [5, 5.41) is 6.24. The normalized spacial score (nSPS) is 15.9. The number of ether oxygens (including phenoxy) is 1. The van der Waals surface area contributed by atoms with Crippen LogP contribution in [0.1, 0.15) is 25.1 Å². The van der Waals surface area contributed by atoms with E-state index < -0.39 is 11.9 Å². The summed E-state index contributed by atoms with van der Waals surface area (Å²) in [6.07, 6.45) is 3.70. The maximum atomic E-state index is 12.0. The van der Waals surface area contributed by atoms with E-state index >= 15 is 0 Å².